The fourth-order valence-electron chi connectivity index (χ4n) is 1.15. The van der Waals surface area contributed by atoms with Crippen LogP contribution < -0.4 is 10.2 Å². The van der Waals surface area contributed by atoms with E-state index in [1.807, 2.05) is 0 Å². The molecule has 7 heteroatoms. The number of hydrogen-bond donors (Lipinski definition) is 2. The van der Waals surface area contributed by atoms with Gasteiger partial charge in [-0.1, -0.05) is 17.7 Å². The topological polar surface area (TPSA) is 75.5 Å². The van der Waals surface area contributed by atoms with Crippen LogP contribution in [0.3, 0.4) is 0 Å². The van der Waals surface area contributed by atoms with Gasteiger partial charge in [0.15, 0.2) is 0 Å². The zero-order chi connectivity index (χ0) is 12.3. The van der Waals surface area contributed by atoms with Crippen molar-refractivity contribution in [2.75, 3.05) is 0 Å². The van der Waals surface area contributed by atoms with E-state index in [4.69, 9.17) is 26.4 Å². The van der Waals surface area contributed by atoms with E-state index < -0.39 is 7.12 Å². The molecule has 1 aromatic heterocycles. The van der Waals surface area contributed by atoms with E-state index in [0.29, 0.717) is 10.8 Å². The van der Waals surface area contributed by atoms with Gasteiger partial charge in [-0.2, -0.15) is 0 Å². The number of benzene rings is 1. The smallest absolute Gasteiger partial charge is 0.424 e. The molecule has 5 nitrogen and oxygen atoms in total. The first-order valence-corrected chi connectivity index (χ1v) is 5.14. The van der Waals surface area contributed by atoms with Crippen LogP contribution in [0.25, 0.3) is 0 Å². The first-order chi connectivity index (χ1) is 8.15. The normalized spacial score (nSPS) is 10.1. The van der Waals surface area contributed by atoms with Gasteiger partial charge in [-0.3, -0.25) is 0 Å². The van der Waals surface area contributed by atoms with Gasteiger partial charge in [0.1, 0.15) is 5.75 Å². The van der Waals surface area contributed by atoms with Gasteiger partial charge in [0.2, 0.25) is 0 Å². The van der Waals surface area contributed by atoms with Crippen molar-refractivity contribution in [1.82, 2.24) is 9.97 Å². The van der Waals surface area contributed by atoms with E-state index in [2.05, 4.69) is 9.97 Å². The lowest BCUT2D eigenvalue weighted by Gasteiger charge is -2.04. The Morgan fingerprint density at radius 2 is 1.88 bits per heavy atom. The highest BCUT2D eigenvalue weighted by molar-refractivity contribution is 6.58. The van der Waals surface area contributed by atoms with Crippen molar-refractivity contribution >= 4 is 24.2 Å². The predicted molar refractivity (Wildman–Crippen MR) is 63.4 cm³/mol. The van der Waals surface area contributed by atoms with Crippen LogP contribution in [0, 0.1) is 0 Å². The molecule has 0 amide bonds. The fraction of sp³-hybridized carbons (Fsp3) is 0. The summed E-state index contributed by atoms with van der Waals surface area (Å²) >= 11 is 5.79. The summed E-state index contributed by atoms with van der Waals surface area (Å²) in [7, 11) is -1.59. The molecular formula is C10H8BClN2O3. The average molecular weight is 250 g/mol. The number of rotatable bonds is 3. The molecule has 0 bridgehead atoms. The van der Waals surface area contributed by atoms with Gasteiger partial charge in [0.25, 0.3) is 0 Å². The van der Waals surface area contributed by atoms with Crippen LogP contribution in [0.2, 0.25) is 5.02 Å². The van der Waals surface area contributed by atoms with E-state index in [0.717, 1.165) is 0 Å². The van der Waals surface area contributed by atoms with Crippen molar-refractivity contribution in [3.8, 4) is 11.8 Å². The third-order valence-electron chi connectivity index (χ3n) is 1.95. The minimum Gasteiger partial charge on any atom is -0.424 e. The Hall–Kier alpha value is -1.63. The van der Waals surface area contributed by atoms with Crippen molar-refractivity contribution in [2.45, 2.75) is 0 Å². The lowest BCUT2D eigenvalue weighted by Crippen LogP contribution is -2.30. The van der Waals surface area contributed by atoms with E-state index in [1.54, 1.807) is 24.3 Å². The van der Waals surface area contributed by atoms with Gasteiger partial charge in [-0.15, -0.1) is 0 Å². The van der Waals surface area contributed by atoms with Crippen molar-refractivity contribution in [3.05, 3.63) is 41.7 Å². The summed E-state index contributed by atoms with van der Waals surface area (Å²) in [5, 5.41) is 18.3. The summed E-state index contributed by atoms with van der Waals surface area (Å²) in [6.07, 6.45) is 2.55. The Morgan fingerprint density at radius 3 is 2.47 bits per heavy atom. The molecule has 1 heterocycles. The maximum atomic E-state index is 8.86. The predicted octanol–water partition coefficient (Wildman–Crippen LogP) is 0.602. The van der Waals surface area contributed by atoms with Gasteiger partial charge in [-0.25, -0.2) is 9.97 Å². The van der Waals surface area contributed by atoms with Crippen LogP contribution >= 0.6 is 11.6 Å². The van der Waals surface area contributed by atoms with E-state index in [9.17, 15) is 0 Å². The van der Waals surface area contributed by atoms with Crippen LogP contribution in [0.15, 0.2) is 36.7 Å². The number of aromatic nitrogens is 2. The molecule has 0 aliphatic heterocycles. The second kappa shape index (κ2) is 5.14. The van der Waals surface area contributed by atoms with Crippen LogP contribution in [-0.4, -0.2) is 27.1 Å². The average Bonchev–Trinajstić information content (AvgIpc) is 2.29. The molecule has 1 aromatic carbocycles. The Labute approximate surface area is 103 Å². The molecule has 86 valence electrons. The molecule has 0 unspecified atom stereocenters. The number of ether oxygens (including phenoxy) is 1. The molecule has 0 saturated heterocycles. The largest absolute Gasteiger partial charge is 0.491 e. The minimum absolute atomic E-state index is 0.108. The molecule has 2 rings (SSSR count). The lowest BCUT2D eigenvalue weighted by molar-refractivity contribution is 0.423. The standard InChI is InChI=1S/C10H8BClN2O3/c12-8-2-1-3-9(4-8)17-10-13-5-7(6-14-10)11(15)16/h1-6,15-16H. The Bertz CT molecular complexity index is 507. The van der Waals surface area contributed by atoms with Gasteiger partial charge >= 0.3 is 13.1 Å². The first-order valence-electron chi connectivity index (χ1n) is 4.76. The minimum atomic E-state index is -1.59. The number of halogens is 1. The monoisotopic (exact) mass is 250 g/mol. The molecular weight excluding hydrogens is 242 g/mol. The van der Waals surface area contributed by atoms with Gasteiger partial charge < -0.3 is 14.8 Å². The van der Waals surface area contributed by atoms with Gasteiger partial charge in [0.05, 0.1) is 0 Å². The number of hydrogen-bond acceptors (Lipinski definition) is 5. The van der Waals surface area contributed by atoms with Crippen LogP contribution in [-0.2, 0) is 0 Å². The maximum Gasteiger partial charge on any atom is 0.491 e. The first kappa shape index (κ1) is 11.8. The zero-order valence-corrected chi connectivity index (χ0v) is 9.37. The second-order valence-electron chi connectivity index (χ2n) is 3.23. The van der Waals surface area contributed by atoms with E-state index >= 15 is 0 Å². The Balaban J connectivity index is 2.14. The third kappa shape index (κ3) is 3.16. The highest BCUT2D eigenvalue weighted by Crippen LogP contribution is 2.20. The maximum absolute atomic E-state index is 8.86. The molecule has 0 atom stereocenters. The molecule has 0 aliphatic rings. The molecule has 17 heavy (non-hydrogen) atoms. The SMILES string of the molecule is OB(O)c1cnc(Oc2cccc(Cl)c2)nc1. The molecule has 0 fully saturated rings. The van der Waals surface area contributed by atoms with Crippen molar-refractivity contribution in [1.29, 1.82) is 0 Å². The summed E-state index contributed by atoms with van der Waals surface area (Å²) in [6.45, 7) is 0. The summed E-state index contributed by atoms with van der Waals surface area (Å²) < 4.78 is 5.32. The molecule has 0 radical (unpaired) electrons. The van der Waals surface area contributed by atoms with Crippen molar-refractivity contribution < 1.29 is 14.8 Å². The highest BCUT2D eigenvalue weighted by Gasteiger charge is 2.12. The molecule has 2 N–H and O–H groups in total. The van der Waals surface area contributed by atoms with E-state index in [-0.39, 0.29) is 11.5 Å². The van der Waals surface area contributed by atoms with Gasteiger partial charge in [0, 0.05) is 22.9 Å². The molecule has 2 aromatic rings. The summed E-state index contributed by atoms with van der Waals surface area (Å²) in [5.74, 6) is 0.509. The Kier molecular flexibility index (Phi) is 3.58. The van der Waals surface area contributed by atoms with Crippen molar-refractivity contribution in [2.24, 2.45) is 0 Å². The van der Waals surface area contributed by atoms with Crippen LogP contribution in [0.4, 0.5) is 0 Å². The number of nitrogens with zero attached hydrogens (tertiary/aromatic N) is 2. The van der Waals surface area contributed by atoms with Crippen molar-refractivity contribution in [3.63, 3.8) is 0 Å². The van der Waals surface area contributed by atoms with Gasteiger partial charge in [-0.05, 0) is 18.2 Å². The van der Waals surface area contributed by atoms with Crippen LogP contribution in [0.1, 0.15) is 0 Å². The third-order valence-corrected chi connectivity index (χ3v) is 2.19. The molecule has 0 spiro atoms. The summed E-state index contributed by atoms with van der Waals surface area (Å²) in [4.78, 5) is 7.66. The lowest BCUT2D eigenvalue weighted by atomic mass is 9.83. The summed E-state index contributed by atoms with van der Waals surface area (Å²) in [5.41, 5.74) is 0.198. The quantitative estimate of drug-likeness (QED) is 0.780. The highest BCUT2D eigenvalue weighted by atomic mass is 35.5. The van der Waals surface area contributed by atoms with Crippen LogP contribution in [0.5, 0.6) is 11.8 Å². The molecule has 0 saturated carbocycles. The summed E-state index contributed by atoms with van der Waals surface area (Å²) in [6, 6.07) is 6.91. The zero-order valence-electron chi connectivity index (χ0n) is 8.62. The van der Waals surface area contributed by atoms with E-state index in [1.165, 1.54) is 12.4 Å². The Morgan fingerprint density at radius 1 is 1.18 bits per heavy atom. The molecule has 0 aliphatic carbocycles. The fourth-order valence-corrected chi connectivity index (χ4v) is 1.33. The second-order valence-corrected chi connectivity index (χ2v) is 3.67.